The van der Waals surface area contributed by atoms with Gasteiger partial charge in [-0.2, -0.15) is 0 Å². The molecule has 3 aliphatic rings. The molecule has 1 aromatic carbocycles. The van der Waals surface area contributed by atoms with Gasteiger partial charge in [-0.15, -0.1) is 0 Å². The van der Waals surface area contributed by atoms with Crippen molar-refractivity contribution in [2.45, 2.75) is 57.7 Å². The van der Waals surface area contributed by atoms with Crippen molar-refractivity contribution in [2.75, 3.05) is 13.1 Å². The number of hydrogen-bond donors (Lipinski definition) is 0. The van der Waals surface area contributed by atoms with Crippen LogP contribution in [0.1, 0.15) is 42.8 Å². The highest BCUT2D eigenvalue weighted by atomic mass is 19.1. The number of hydrogen-bond acceptors (Lipinski definition) is 3. The molecule has 4 atom stereocenters. The lowest BCUT2D eigenvalue weighted by molar-refractivity contribution is -0.152. The minimum atomic E-state index is -0.196. The van der Waals surface area contributed by atoms with E-state index in [1.807, 2.05) is 20.0 Å². The van der Waals surface area contributed by atoms with Gasteiger partial charge in [0.05, 0.1) is 5.69 Å². The number of carbonyl (C=O) groups excluding carboxylic acids is 1. The Morgan fingerprint density at radius 3 is 2.83 bits per heavy atom. The van der Waals surface area contributed by atoms with E-state index in [1.54, 1.807) is 12.1 Å². The van der Waals surface area contributed by atoms with Crippen LogP contribution in [0.2, 0.25) is 0 Å². The lowest BCUT2D eigenvalue weighted by Crippen LogP contribution is -2.65. The van der Waals surface area contributed by atoms with E-state index < -0.39 is 0 Å². The normalized spacial score (nSPS) is 29.2. The van der Waals surface area contributed by atoms with Gasteiger partial charge in [0, 0.05) is 51.4 Å². The van der Waals surface area contributed by atoms with Crippen LogP contribution in [0, 0.1) is 24.6 Å². The number of nitrogens with zero attached hydrogens (tertiary/aromatic N) is 4. The van der Waals surface area contributed by atoms with Crippen molar-refractivity contribution in [1.82, 2.24) is 19.4 Å². The van der Waals surface area contributed by atoms with E-state index in [9.17, 15) is 9.18 Å². The van der Waals surface area contributed by atoms with Crippen molar-refractivity contribution in [3.8, 4) is 0 Å². The molecule has 2 bridgehead atoms. The number of halogens is 1. The van der Waals surface area contributed by atoms with Gasteiger partial charge in [0.2, 0.25) is 5.91 Å². The van der Waals surface area contributed by atoms with Crippen molar-refractivity contribution in [1.29, 1.82) is 0 Å². The van der Waals surface area contributed by atoms with Crippen LogP contribution in [0.4, 0.5) is 4.39 Å². The van der Waals surface area contributed by atoms with Crippen LogP contribution in [-0.4, -0.2) is 50.4 Å². The quantitative estimate of drug-likeness (QED) is 0.777. The van der Waals surface area contributed by atoms with Crippen LogP contribution in [0.15, 0.2) is 30.5 Å². The van der Waals surface area contributed by atoms with E-state index in [1.165, 1.54) is 12.5 Å². The summed E-state index contributed by atoms with van der Waals surface area (Å²) in [4.78, 5) is 22.4. The number of aromatic nitrogens is 2. The molecule has 5 rings (SSSR count). The summed E-state index contributed by atoms with van der Waals surface area (Å²) in [6, 6.07) is 7.39. The standard InChI is InChI=1S/C24H31FN4O/c1-16-26-21(14-27(16)2)15-28-12-18-11-19(13-28)23(10-17-5-3-6-20(25)9-17)29-22(18)7-4-8-24(29)30/h3,5-6,9,14,18-19,22-23H,4,7-8,10-13,15H2,1-2H3/t18-,19+,22+,23+/m1/s1. The lowest BCUT2D eigenvalue weighted by atomic mass is 9.70. The fourth-order valence-electron chi connectivity index (χ4n) is 6.11. The molecule has 5 nitrogen and oxygen atoms in total. The van der Waals surface area contributed by atoms with Gasteiger partial charge < -0.3 is 9.47 Å². The second-order valence-corrected chi connectivity index (χ2v) is 9.50. The molecule has 2 aromatic rings. The summed E-state index contributed by atoms with van der Waals surface area (Å²) in [7, 11) is 2.04. The molecular formula is C24H31FN4O. The van der Waals surface area contributed by atoms with Gasteiger partial charge in [-0.05, 0) is 62.1 Å². The first-order chi connectivity index (χ1) is 14.5. The number of likely N-dealkylation sites (tertiary alicyclic amines) is 1. The summed E-state index contributed by atoms with van der Waals surface area (Å²) in [5.74, 6) is 2.10. The summed E-state index contributed by atoms with van der Waals surface area (Å²) >= 11 is 0. The van der Waals surface area contributed by atoms with Crippen LogP contribution in [0.25, 0.3) is 0 Å². The van der Waals surface area contributed by atoms with Crippen LogP contribution >= 0.6 is 0 Å². The zero-order chi connectivity index (χ0) is 20.8. The predicted octanol–water partition coefficient (Wildman–Crippen LogP) is 3.31. The Hall–Kier alpha value is -2.21. The van der Waals surface area contributed by atoms with E-state index in [0.29, 0.717) is 30.2 Å². The zero-order valence-corrected chi connectivity index (χ0v) is 17.9. The SMILES string of the molecule is Cc1nc(CN2C[C@H]3C[C@@H](C2)[C@H](Cc2cccc(F)c2)N2C(=O)CCC[C@@H]32)cn1C. The average Bonchev–Trinajstić information content (AvgIpc) is 3.02. The molecule has 3 fully saturated rings. The first kappa shape index (κ1) is 19.7. The highest BCUT2D eigenvalue weighted by Crippen LogP contribution is 2.42. The van der Waals surface area contributed by atoms with E-state index >= 15 is 0 Å². The molecule has 160 valence electrons. The number of piperidine rings is 3. The second kappa shape index (κ2) is 7.80. The van der Waals surface area contributed by atoms with E-state index in [4.69, 9.17) is 4.98 Å². The van der Waals surface area contributed by atoms with Gasteiger partial charge in [0.25, 0.3) is 0 Å². The molecule has 3 aliphatic heterocycles. The maximum Gasteiger partial charge on any atom is 0.223 e. The Morgan fingerprint density at radius 2 is 2.07 bits per heavy atom. The van der Waals surface area contributed by atoms with Gasteiger partial charge in [-0.1, -0.05) is 12.1 Å². The predicted molar refractivity (Wildman–Crippen MR) is 113 cm³/mol. The molecule has 0 aliphatic carbocycles. The van der Waals surface area contributed by atoms with Crippen molar-refractivity contribution < 1.29 is 9.18 Å². The number of carbonyl (C=O) groups is 1. The third-order valence-corrected chi connectivity index (χ3v) is 7.45. The van der Waals surface area contributed by atoms with Crippen LogP contribution < -0.4 is 0 Å². The maximum atomic E-state index is 13.8. The minimum absolute atomic E-state index is 0.161. The number of fused-ring (bicyclic) bond motifs is 4. The summed E-state index contributed by atoms with van der Waals surface area (Å²) in [5.41, 5.74) is 2.11. The summed E-state index contributed by atoms with van der Waals surface area (Å²) in [5, 5.41) is 0. The highest BCUT2D eigenvalue weighted by Gasteiger charge is 2.49. The molecule has 1 amide bonds. The van der Waals surface area contributed by atoms with E-state index in [-0.39, 0.29) is 11.9 Å². The van der Waals surface area contributed by atoms with Crippen molar-refractivity contribution in [3.63, 3.8) is 0 Å². The topological polar surface area (TPSA) is 41.4 Å². The Labute approximate surface area is 177 Å². The van der Waals surface area contributed by atoms with Gasteiger partial charge in [-0.3, -0.25) is 9.69 Å². The molecule has 0 radical (unpaired) electrons. The molecule has 0 unspecified atom stereocenters. The molecule has 0 N–H and O–H groups in total. The first-order valence-corrected chi connectivity index (χ1v) is 11.2. The van der Waals surface area contributed by atoms with E-state index in [2.05, 4.69) is 20.6 Å². The Kier molecular flexibility index (Phi) is 5.13. The monoisotopic (exact) mass is 410 g/mol. The van der Waals surface area contributed by atoms with Crippen LogP contribution in [0.3, 0.4) is 0 Å². The third-order valence-electron chi connectivity index (χ3n) is 7.45. The summed E-state index contributed by atoms with van der Waals surface area (Å²) in [6.45, 7) is 4.91. The summed E-state index contributed by atoms with van der Waals surface area (Å²) < 4.78 is 15.9. The van der Waals surface area contributed by atoms with Gasteiger partial charge in [0.1, 0.15) is 11.6 Å². The van der Waals surface area contributed by atoms with Crippen LogP contribution in [-0.2, 0) is 24.8 Å². The number of rotatable bonds is 4. The Bertz CT molecular complexity index is 922. The maximum absolute atomic E-state index is 13.8. The number of imidazole rings is 1. The molecule has 3 saturated heterocycles. The molecular weight excluding hydrogens is 379 g/mol. The third kappa shape index (κ3) is 3.66. The molecule has 30 heavy (non-hydrogen) atoms. The molecule has 1 aromatic heterocycles. The Morgan fingerprint density at radius 1 is 1.23 bits per heavy atom. The molecule has 4 heterocycles. The number of aryl methyl sites for hydroxylation is 2. The van der Waals surface area contributed by atoms with Gasteiger partial charge in [-0.25, -0.2) is 9.37 Å². The van der Waals surface area contributed by atoms with Crippen LogP contribution in [0.5, 0.6) is 0 Å². The number of benzene rings is 1. The lowest BCUT2D eigenvalue weighted by Gasteiger charge is -2.56. The van der Waals surface area contributed by atoms with Gasteiger partial charge in [0.15, 0.2) is 0 Å². The van der Waals surface area contributed by atoms with Crippen molar-refractivity contribution >= 4 is 5.91 Å². The largest absolute Gasteiger partial charge is 0.338 e. The highest BCUT2D eigenvalue weighted by molar-refractivity contribution is 5.78. The van der Waals surface area contributed by atoms with Gasteiger partial charge >= 0.3 is 0 Å². The molecule has 6 heteroatoms. The minimum Gasteiger partial charge on any atom is -0.338 e. The average molecular weight is 411 g/mol. The number of amides is 1. The molecule has 0 spiro atoms. The Balaban J connectivity index is 1.41. The zero-order valence-electron chi connectivity index (χ0n) is 17.9. The first-order valence-electron chi connectivity index (χ1n) is 11.2. The fourth-order valence-corrected chi connectivity index (χ4v) is 6.11. The fraction of sp³-hybridized carbons (Fsp3) is 0.583. The smallest absolute Gasteiger partial charge is 0.223 e. The van der Waals surface area contributed by atoms with Crippen molar-refractivity contribution in [2.24, 2.45) is 18.9 Å². The second-order valence-electron chi connectivity index (χ2n) is 9.50. The van der Waals surface area contributed by atoms with E-state index in [0.717, 1.165) is 56.0 Å². The van der Waals surface area contributed by atoms with Crippen molar-refractivity contribution in [3.05, 3.63) is 53.4 Å². The molecule has 0 saturated carbocycles. The summed E-state index contributed by atoms with van der Waals surface area (Å²) in [6.07, 6.45) is 6.79.